The maximum atomic E-state index is 12.5. The van der Waals surface area contributed by atoms with Gasteiger partial charge in [0.15, 0.2) is 0 Å². The van der Waals surface area contributed by atoms with E-state index >= 15 is 0 Å². The number of aromatic hydroxyl groups is 1. The van der Waals surface area contributed by atoms with E-state index in [0.717, 1.165) is 19.5 Å². The summed E-state index contributed by atoms with van der Waals surface area (Å²) in [4.78, 5) is 17.0. The molecule has 2 saturated heterocycles. The lowest BCUT2D eigenvalue weighted by Gasteiger charge is -2.32. The van der Waals surface area contributed by atoms with Crippen LogP contribution in [0.4, 0.5) is 0 Å². The Balaban J connectivity index is 1.64. The molecule has 1 N–H and O–H groups in total. The second-order valence-corrected chi connectivity index (χ2v) is 6.81. The van der Waals surface area contributed by atoms with Crippen LogP contribution in [0.2, 0.25) is 0 Å². The molecule has 114 valence electrons. The van der Waals surface area contributed by atoms with Crippen LogP contribution in [0.15, 0.2) is 22.7 Å². The van der Waals surface area contributed by atoms with Crippen molar-refractivity contribution in [2.45, 2.75) is 31.7 Å². The van der Waals surface area contributed by atoms with Crippen LogP contribution in [-0.2, 0) is 0 Å². The van der Waals surface area contributed by atoms with E-state index in [0.29, 0.717) is 16.1 Å². The third-order valence-corrected chi connectivity index (χ3v) is 5.22. The summed E-state index contributed by atoms with van der Waals surface area (Å²) in [6.45, 7) is 3.98. The number of halogens is 1. The van der Waals surface area contributed by atoms with Crippen LogP contribution >= 0.6 is 15.9 Å². The highest BCUT2D eigenvalue weighted by atomic mass is 79.9. The Kier molecular flexibility index (Phi) is 4.50. The smallest absolute Gasteiger partial charge is 0.254 e. The molecular weight excluding hydrogens is 332 g/mol. The molecule has 1 aromatic carbocycles. The molecule has 4 nitrogen and oxygen atoms in total. The fourth-order valence-electron chi connectivity index (χ4n) is 3.34. The monoisotopic (exact) mass is 352 g/mol. The number of carbonyl (C=O) groups is 1. The molecule has 0 bridgehead atoms. The summed E-state index contributed by atoms with van der Waals surface area (Å²) in [5.41, 5.74) is 0.565. The Hall–Kier alpha value is -1.07. The van der Waals surface area contributed by atoms with Crippen LogP contribution in [0.1, 0.15) is 36.0 Å². The minimum absolute atomic E-state index is 0.0253. The van der Waals surface area contributed by atoms with Gasteiger partial charge in [-0.2, -0.15) is 0 Å². The van der Waals surface area contributed by atoms with Gasteiger partial charge in [0, 0.05) is 24.7 Å². The number of carbonyl (C=O) groups excluding carboxylic acids is 1. The molecule has 0 saturated carbocycles. The Morgan fingerprint density at radius 3 is 2.67 bits per heavy atom. The van der Waals surface area contributed by atoms with Gasteiger partial charge in [0.25, 0.3) is 5.91 Å². The molecule has 1 aromatic rings. The van der Waals surface area contributed by atoms with Gasteiger partial charge >= 0.3 is 0 Å². The number of benzene rings is 1. The Labute approximate surface area is 133 Å². The molecule has 21 heavy (non-hydrogen) atoms. The zero-order chi connectivity index (χ0) is 14.8. The number of nitrogens with zero attached hydrogens (tertiary/aromatic N) is 2. The van der Waals surface area contributed by atoms with E-state index in [9.17, 15) is 9.90 Å². The van der Waals surface area contributed by atoms with Gasteiger partial charge in [0.1, 0.15) is 5.75 Å². The quantitative estimate of drug-likeness (QED) is 0.889. The van der Waals surface area contributed by atoms with Crippen molar-refractivity contribution in [3.8, 4) is 5.75 Å². The molecule has 1 atom stereocenters. The van der Waals surface area contributed by atoms with Gasteiger partial charge in [-0.1, -0.05) is 6.42 Å². The molecule has 0 aromatic heterocycles. The lowest BCUT2D eigenvalue weighted by atomic mass is 10.1. The molecule has 0 aliphatic carbocycles. The van der Waals surface area contributed by atoms with Crippen molar-refractivity contribution in [1.29, 1.82) is 0 Å². The van der Waals surface area contributed by atoms with E-state index < -0.39 is 0 Å². The summed E-state index contributed by atoms with van der Waals surface area (Å²) >= 11 is 3.24. The number of phenolic OH excluding ortho intramolecular Hbond substituents is 1. The standard InChI is InChI=1S/C16H21BrN2O2/c17-14-5-4-12(10-15(14)20)16(21)19-9-6-13(11-19)18-7-2-1-3-8-18/h4-5,10,13,20H,1-3,6-9,11H2. The van der Waals surface area contributed by atoms with E-state index in [4.69, 9.17) is 0 Å². The maximum absolute atomic E-state index is 12.5. The van der Waals surface area contributed by atoms with E-state index in [1.165, 1.54) is 32.4 Å². The van der Waals surface area contributed by atoms with Crippen molar-refractivity contribution >= 4 is 21.8 Å². The topological polar surface area (TPSA) is 43.8 Å². The lowest BCUT2D eigenvalue weighted by Crippen LogP contribution is -2.41. The Morgan fingerprint density at radius 2 is 1.95 bits per heavy atom. The number of likely N-dealkylation sites (tertiary alicyclic amines) is 2. The van der Waals surface area contributed by atoms with Crippen LogP contribution in [0.3, 0.4) is 0 Å². The summed E-state index contributed by atoms with van der Waals surface area (Å²) in [6, 6.07) is 5.54. The lowest BCUT2D eigenvalue weighted by molar-refractivity contribution is 0.0771. The van der Waals surface area contributed by atoms with Crippen molar-refractivity contribution < 1.29 is 9.90 Å². The zero-order valence-corrected chi connectivity index (χ0v) is 13.7. The molecule has 1 unspecified atom stereocenters. The minimum Gasteiger partial charge on any atom is -0.507 e. The predicted molar refractivity (Wildman–Crippen MR) is 85.5 cm³/mol. The number of phenols is 1. The summed E-state index contributed by atoms with van der Waals surface area (Å²) < 4.78 is 0.617. The fraction of sp³-hybridized carbons (Fsp3) is 0.562. The van der Waals surface area contributed by atoms with Crippen molar-refractivity contribution in [2.24, 2.45) is 0 Å². The highest BCUT2D eigenvalue weighted by Gasteiger charge is 2.31. The van der Waals surface area contributed by atoms with Gasteiger partial charge in [-0.3, -0.25) is 9.69 Å². The van der Waals surface area contributed by atoms with Crippen LogP contribution in [0.25, 0.3) is 0 Å². The van der Waals surface area contributed by atoms with Gasteiger partial charge < -0.3 is 10.0 Å². The van der Waals surface area contributed by atoms with E-state index in [1.54, 1.807) is 18.2 Å². The third kappa shape index (κ3) is 3.24. The molecular formula is C16H21BrN2O2. The molecule has 0 radical (unpaired) electrons. The maximum Gasteiger partial charge on any atom is 0.254 e. The molecule has 2 aliphatic heterocycles. The molecule has 5 heteroatoms. The van der Waals surface area contributed by atoms with Crippen LogP contribution in [0.5, 0.6) is 5.75 Å². The predicted octanol–water partition coefficient (Wildman–Crippen LogP) is 2.86. The van der Waals surface area contributed by atoms with Crippen molar-refractivity contribution in [1.82, 2.24) is 9.80 Å². The van der Waals surface area contributed by atoms with Gasteiger partial charge in [-0.15, -0.1) is 0 Å². The van der Waals surface area contributed by atoms with Crippen molar-refractivity contribution in [3.05, 3.63) is 28.2 Å². The van der Waals surface area contributed by atoms with Gasteiger partial charge in [-0.25, -0.2) is 0 Å². The Morgan fingerprint density at radius 1 is 1.19 bits per heavy atom. The summed E-state index contributed by atoms with van der Waals surface area (Å²) in [5, 5.41) is 9.72. The first-order valence-electron chi connectivity index (χ1n) is 7.67. The zero-order valence-electron chi connectivity index (χ0n) is 12.1. The van der Waals surface area contributed by atoms with E-state index in [1.807, 2.05) is 4.90 Å². The minimum atomic E-state index is 0.0253. The fourth-order valence-corrected chi connectivity index (χ4v) is 3.58. The number of hydrogen-bond acceptors (Lipinski definition) is 3. The normalized spacial score (nSPS) is 23.5. The van der Waals surface area contributed by atoms with Gasteiger partial charge in [0.05, 0.1) is 4.47 Å². The summed E-state index contributed by atoms with van der Waals surface area (Å²) in [7, 11) is 0. The van der Waals surface area contributed by atoms with E-state index in [2.05, 4.69) is 20.8 Å². The highest BCUT2D eigenvalue weighted by Crippen LogP contribution is 2.26. The average molecular weight is 353 g/mol. The number of hydrogen-bond donors (Lipinski definition) is 1. The van der Waals surface area contributed by atoms with Crippen molar-refractivity contribution in [3.63, 3.8) is 0 Å². The van der Waals surface area contributed by atoms with E-state index in [-0.39, 0.29) is 11.7 Å². The molecule has 0 spiro atoms. The first-order valence-corrected chi connectivity index (χ1v) is 8.46. The summed E-state index contributed by atoms with van der Waals surface area (Å²) in [5.74, 6) is 0.143. The average Bonchev–Trinajstić information content (AvgIpc) is 3.00. The third-order valence-electron chi connectivity index (χ3n) is 4.55. The first kappa shape index (κ1) is 14.9. The van der Waals surface area contributed by atoms with Gasteiger partial charge in [-0.05, 0) is 66.5 Å². The molecule has 2 fully saturated rings. The molecule has 3 rings (SSSR count). The number of piperidine rings is 1. The second kappa shape index (κ2) is 6.36. The molecule has 2 heterocycles. The SMILES string of the molecule is O=C(c1ccc(Br)c(O)c1)N1CCC(N2CCCCC2)C1. The number of amides is 1. The summed E-state index contributed by atoms with van der Waals surface area (Å²) in [6.07, 6.45) is 4.97. The van der Waals surface area contributed by atoms with Crippen LogP contribution < -0.4 is 0 Å². The largest absolute Gasteiger partial charge is 0.507 e. The van der Waals surface area contributed by atoms with Gasteiger partial charge in [0.2, 0.25) is 0 Å². The first-order chi connectivity index (χ1) is 10.1. The molecule has 2 aliphatic rings. The van der Waals surface area contributed by atoms with Crippen LogP contribution in [-0.4, -0.2) is 53.0 Å². The molecule has 1 amide bonds. The highest BCUT2D eigenvalue weighted by molar-refractivity contribution is 9.10. The van der Waals surface area contributed by atoms with Crippen LogP contribution in [0, 0.1) is 0 Å². The van der Waals surface area contributed by atoms with Crippen molar-refractivity contribution in [2.75, 3.05) is 26.2 Å². The second-order valence-electron chi connectivity index (χ2n) is 5.96. The Bertz CT molecular complexity index is 529. The number of rotatable bonds is 2.